The van der Waals surface area contributed by atoms with Crippen LogP contribution in [0.15, 0.2) is 0 Å². The summed E-state index contributed by atoms with van der Waals surface area (Å²) < 4.78 is 14.9. The third kappa shape index (κ3) is 2.30. The van der Waals surface area contributed by atoms with E-state index in [4.69, 9.17) is 14.2 Å². The Balaban J connectivity index is 2.05. The summed E-state index contributed by atoms with van der Waals surface area (Å²) in [4.78, 5) is 0. The van der Waals surface area contributed by atoms with E-state index in [-0.39, 0.29) is 6.29 Å². The van der Waals surface area contributed by atoms with E-state index < -0.39 is 0 Å². The maximum atomic E-state index is 4.98. The van der Waals surface area contributed by atoms with Crippen molar-refractivity contribution in [3.8, 4) is 0 Å². The molecule has 0 N–H and O–H groups in total. The smallest absolute Gasteiger partial charge is 0.159 e. The van der Waals surface area contributed by atoms with Gasteiger partial charge in [0.2, 0.25) is 0 Å². The zero-order valence-corrected chi connectivity index (χ0v) is 5.79. The van der Waals surface area contributed by atoms with Crippen LogP contribution in [0.2, 0.25) is 0 Å². The van der Waals surface area contributed by atoms with Gasteiger partial charge in [0.15, 0.2) is 6.29 Å². The molecule has 0 aromatic rings. The van der Waals surface area contributed by atoms with Gasteiger partial charge in [0.05, 0.1) is 12.7 Å². The van der Waals surface area contributed by atoms with E-state index >= 15 is 0 Å². The molecule has 0 bridgehead atoms. The van der Waals surface area contributed by atoms with Gasteiger partial charge >= 0.3 is 0 Å². The molecule has 3 heteroatoms. The van der Waals surface area contributed by atoms with E-state index in [1.54, 1.807) is 14.2 Å². The summed E-state index contributed by atoms with van der Waals surface area (Å²) in [7, 11) is 3.27. The largest absolute Gasteiger partial charge is 0.373 e. The van der Waals surface area contributed by atoms with Crippen molar-refractivity contribution in [2.45, 2.75) is 18.8 Å². The van der Waals surface area contributed by atoms with Gasteiger partial charge in [0, 0.05) is 20.6 Å². The van der Waals surface area contributed by atoms with Crippen LogP contribution in [0.25, 0.3) is 0 Å². The molecular formula is C6H12O3. The van der Waals surface area contributed by atoms with Crippen LogP contribution in [-0.2, 0) is 14.2 Å². The summed E-state index contributed by atoms with van der Waals surface area (Å²) in [5.41, 5.74) is 0. The van der Waals surface area contributed by atoms with Crippen molar-refractivity contribution in [2.24, 2.45) is 0 Å². The predicted octanol–water partition coefficient (Wildman–Crippen LogP) is 0.394. The standard InChI is InChI=1S/C6H12O3/c1-7-6(8-2)3-5-4-9-5/h5-6H,3-4H2,1-2H3. The van der Waals surface area contributed by atoms with Crippen molar-refractivity contribution in [2.75, 3.05) is 20.8 Å². The molecule has 0 spiro atoms. The van der Waals surface area contributed by atoms with E-state index in [1.807, 2.05) is 0 Å². The van der Waals surface area contributed by atoms with Crippen molar-refractivity contribution in [3.63, 3.8) is 0 Å². The number of epoxide rings is 1. The summed E-state index contributed by atoms with van der Waals surface area (Å²) >= 11 is 0. The molecule has 0 saturated carbocycles. The van der Waals surface area contributed by atoms with Crippen LogP contribution in [0.1, 0.15) is 6.42 Å². The summed E-state index contributed by atoms with van der Waals surface area (Å²) in [5, 5.41) is 0. The van der Waals surface area contributed by atoms with Crippen molar-refractivity contribution in [1.29, 1.82) is 0 Å². The maximum absolute atomic E-state index is 4.98. The number of methoxy groups -OCH3 is 2. The molecule has 54 valence electrons. The van der Waals surface area contributed by atoms with Gasteiger partial charge in [0.1, 0.15) is 0 Å². The molecule has 1 saturated heterocycles. The van der Waals surface area contributed by atoms with Gasteiger partial charge in [-0.15, -0.1) is 0 Å². The van der Waals surface area contributed by atoms with Crippen LogP contribution in [0.4, 0.5) is 0 Å². The molecule has 1 heterocycles. The molecule has 1 unspecified atom stereocenters. The molecule has 0 aromatic heterocycles. The zero-order chi connectivity index (χ0) is 6.69. The van der Waals surface area contributed by atoms with E-state index in [2.05, 4.69) is 0 Å². The second-order valence-corrected chi connectivity index (χ2v) is 2.09. The minimum atomic E-state index is -0.0856. The van der Waals surface area contributed by atoms with E-state index in [1.165, 1.54) is 0 Å². The van der Waals surface area contributed by atoms with Gasteiger partial charge in [-0.2, -0.15) is 0 Å². The summed E-state index contributed by atoms with van der Waals surface area (Å²) in [5.74, 6) is 0. The molecule has 0 radical (unpaired) electrons. The Kier molecular flexibility index (Phi) is 2.45. The highest BCUT2D eigenvalue weighted by molar-refractivity contribution is 4.69. The summed E-state index contributed by atoms with van der Waals surface area (Å²) in [6.07, 6.45) is 1.15. The molecule has 1 atom stereocenters. The number of ether oxygens (including phenoxy) is 3. The van der Waals surface area contributed by atoms with Crippen LogP contribution >= 0.6 is 0 Å². The second-order valence-electron chi connectivity index (χ2n) is 2.09. The Bertz CT molecular complexity index is 76.4. The Morgan fingerprint density at radius 2 is 2.11 bits per heavy atom. The lowest BCUT2D eigenvalue weighted by Crippen LogP contribution is -2.15. The Hall–Kier alpha value is -0.120. The molecule has 1 aliphatic heterocycles. The monoisotopic (exact) mass is 132 g/mol. The first-order chi connectivity index (χ1) is 4.36. The van der Waals surface area contributed by atoms with Crippen LogP contribution < -0.4 is 0 Å². The lowest BCUT2D eigenvalue weighted by Gasteiger charge is -2.10. The Labute approximate surface area is 54.9 Å². The third-order valence-electron chi connectivity index (χ3n) is 1.38. The fourth-order valence-corrected chi connectivity index (χ4v) is 0.707. The molecule has 3 nitrogen and oxygen atoms in total. The SMILES string of the molecule is COC(CC1CO1)OC. The maximum Gasteiger partial charge on any atom is 0.159 e. The van der Waals surface area contributed by atoms with Crippen LogP contribution in [-0.4, -0.2) is 33.2 Å². The second kappa shape index (κ2) is 3.15. The van der Waals surface area contributed by atoms with Gasteiger partial charge in [-0.3, -0.25) is 0 Å². The molecule has 0 aromatic carbocycles. The zero-order valence-electron chi connectivity index (χ0n) is 5.79. The number of hydrogen-bond acceptors (Lipinski definition) is 3. The fraction of sp³-hybridized carbons (Fsp3) is 1.00. The minimum Gasteiger partial charge on any atom is -0.373 e. The number of rotatable bonds is 4. The van der Waals surface area contributed by atoms with Crippen molar-refractivity contribution in [1.82, 2.24) is 0 Å². The highest BCUT2D eigenvalue weighted by Gasteiger charge is 2.26. The first-order valence-corrected chi connectivity index (χ1v) is 3.04. The number of hydrogen-bond donors (Lipinski definition) is 0. The van der Waals surface area contributed by atoms with Crippen molar-refractivity contribution >= 4 is 0 Å². The van der Waals surface area contributed by atoms with Crippen LogP contribution in [0, 0.1) is 0 Å². The molecular weight excluding hydrogens is 120 g/mol. The van der Waals surface area contributed by atoms with Gasteiger partial charge in [-0.05, 0) is 0 Å². The summed E-state index contributed by atoms with van der Waals surface area (Å²) in [6, 6.07) is 0. The first kappa shape index (κ1) is 6.99. The molecule has 0 aliphatic carbocycles. The molecule has 1 rings (SSSR count). The quantitative estimate of drug-likeness (QED) is 0.409. The van der Waals surface area contributed by atoms with E-state index in [0.717, 1.165) is 13.0 Å². The van der Waals surface area contributed by atoms with Crippen molar-refractivity contribution in [3.05, 3.63) is 0 Å². The Morgan fingerprint density at radius 1 is 1.56 bits per heavy atom. The summed E-state index contributed by atoms with van der Waals surface area (Å²) in [6.45, 7) is 0.864. The minimum absolute atomic E-state index is 0.0856. The van der Waals surface area contributed by atoms with Crippen molar-refractivity contribution < 1.29 is 14.2 Å². The normalized spacial score (nSPS) is 25.0. The lowest BCUT2D eigenvalue weighted by molar-refractivity contribution is -0.108. The topological polar surface area (TPSA) is 31.0 Å². The molecule has 9 heavy (non-hydrogen) atoms. The molecule has 0 amide bonds. The average Bonchev–Trinajstić information content (AvgIpc) is 2.66. The molecule has 1 fully saturated rings. The lowest BCUT2D eigenvalue weighted by atomic mass is 10.3. The Morgan fingerprint density at radius 3 is 2.44 bits per heavy atom. The molecule has 1 aliphatic rings. The van der Waals surface area contributed by atoms with Gasteiger partial charge in [0.25, 0.3) is 0 Å². The van der Waals surface area contributed by atoms with Crippen LogP contribution in [0.5, 0.6) is 0 Å². The third-order valence-corrected chi connectivity index (χ3v) is 1.38. The van der Waals surface area contributed by atoms with E-state index in [9.17, 15) is 0 Å². The highest BCUT2D eigenvalue weighted by atomic mass is 16.7. The first-order valence-electron chi connectivity index (χ1n) is 3.04. The highest BCUT2D eigenvalue weighted by Crippen LogP contribution is 2.16. The fourth-order valence-electron chi connectivity index (χ4n) is 0.707. The predicted molar refractivity (Wildman–Crippen MR) is 32.2 cm³/mol. The van der Waals surface area contributed by atoms with Gasteiger partial charge in [-0.25, -0.2) is 0 Å². The van der Waals surface area contributed by atoms with Gasteiger partial charge in [-0.1, -0.05) is 0 Å². The van der Waals surface area contributed by atoms with Crippen LogP contribution in [0.3, 0.4) is 0 Å². The average molecular weight is 132 g/mol. The van der Waals surface area contributed by atoms with E-state index in [0.29, 0.717) is 6.10 Å². The van der Waals surface area contributed by atoms with Gasteiger partial charge < -0.3 is 14.2 Å².